The van der Waals surface area contributed by atoms with Crippen LogP contribution in [-0.2, 0) is 4.79 Å². The first kappa shape index (κ1) is 10.2. The molecule has 1 aromatic rings. The van der Waals surface area contributed by atoms with E-state index in [0.717, 1.165) is 0 Å². The Morgan fingerprint density at radius 3 is 2.14 bits per heavy atom. The molecule has 0 aromatic heterocycles. The Morgan fingerprint density at radius 2 is 1.71 bits per heavy atom. The van der Waals surface area contributed by atoms with E-state index in [4.69, 9.17) is 5.73 Å². The summed E-state index contributed by atoms with van der Waals surface area (Å²) in [5, 5.41) is 0. The molecule has 0 aliphatic heterocycles. The zero-order valence-electron chi connectivity index (χ0n) is 7.91. The average Bonchev–Trinajstić information content (AvgIpc) is 2.16. The number of nitrogens with two attached hydrogens (primary N) is 1. The van der Waals surface area contributed by atoms with Crippen molar-refractivity contribution in [2.24, 2.45) is 5.73 Å². The highest BCUT2D eigenvalue weighted by atomic mass is 16.1. The molecule has 1 aromatic carbocycles. The fourth-order valence-electron chi connectivity index (χ4n) is 1.19. The van der Waals surface area contributed by atoms with Crippen LogP contribution in [0.4, 0.5) is 0 Å². The minimum absolute atomic E-state index is 0.108. The van der Waals surface area contributed by atoms with E-state index < -0.39 is 5.91 Å². The third-order valence-electron chi connectivity index (χ3n) is 1.93. The predicted octanol–water partition coefficient (Wildman–Crippen LogP) is 1.39. The number of benzene rings is 1. The number of primary amides is 1. The lowest BCUT2D eigenvalue weighted by molar-refractivity contribution is -0.112. The van der Waals surface area contributed by atoms with Crippen LogP contribution < -0.4 is 5.73 Å². The van der Waals surface area contributed by atoms with Crippen molar-refractivity contribution in [2.75, 3.05) is 0 Å². The van der Waals surface area contributed by atoms with Gasteiger partial charge in [0.05, 0.1) is 0 Å². The molecule has 1 rings (SSSR count). The summed E-state index contributed by atoms with van der Waals surface area (Å²) in [5.41, 5.74) is 6.23. The lowest BCUT2D eigenvalue weighted by Crippen LogP contribution is -2.13. The second-order valence-corrected chi connectivity index (χ2v) is 2.94. The number of ketones is 1. The molecule has 72 valence electrons. The molecule has 14 heavy (non-hydrogen) atoms. The zero-order valence-corrected chi connectivity index (χ0v) is 7.91. The van der Waals surface area contributed by atoms with Gasteiger partial charge < -0.3 is 5.73 Å². The van der Waals surface area contributed by atoms with Crippen molar-refractivity contribution in [3.8, 4) is 0 Å². The Bertz CT molecular complexity index is 408. The van der Waals surface area contributed by atoms with E-state index >= 15 is 0 Å². The highest BCUT2D eigenvalue weighted by Crippen LogP contribution is 2.17. The van der Waals surface area contributed by atoms with Crippen molar-refractivity contribution in [3.63, 3.8) is 0 Å². The smallest absolute Gasteiger partial charge is 0.248 e. The number of amides is 1. The van der Waals surface area contributed by atoms with Gasteiger partial charge in [-0.25, -0.2) is 0 Å². The van der Waals surface area contributed by atoms with Crippen LogP contribution in [0.2, 0.25) is 0 Å². The van der Waals surface area contributed by atoms with Crippen LogP contribution in [0.15, 0.2) is 30.8 Å². The van der Waals surface area contributed by atoms with E-state index in [1.165, 1.54) is 6.92 Å². The minimum Gasteiger partial charge on any atom is -0.366 e. The monoisotopic (exact) mass is 189 g/mol. The van der Waals surface area contributed by atoms with Crippen molar-refractivity contribution in [1.82, 2.24) is 0 Å². The number of carbonyl (C=O) groups excluding carboxylic acids is 2. The Kier molecular flexibility index (Phi) is 2.82. The molecule has 0 aliphatic carbocycles. The van der Waals surface area contributed by atoms with Crippen LogP contribution in [0.5, 0.6) is 0 Å². The van der Waals surface area contributed by atoms with Gasteiger partial charge in [0.1, 0.15) is 0 Å². The molecule has 0 saturated carbocycles. The molecule has 1 amide bonds. The molecule has 3 nitrogen and oxygen atoms in total. The van der Waals surface area contributed by atoms with Crippen LogP contribution in [-0.4, -0.2) is 11.7 Å². The summed E-state index contributed by atoms with van der Waals surface area (Å²) in [6.07, 6.45) is 0. The van der Waals surface area contributed by atoms with Gasteiger partial charge in [-0.15, -0.1) is 0 Å². The van der Waals surface area contributed by atoms with E-state index in [2.05, 4.69) is 6.58 Å². The Balaban J connectivity index is 3.27. The van der Waals surface area contributed by atoms with Gasteiger partial charge in [-0.05, 0) is 12.5 Å². The first-order valence-electron chi connectivity index (χ1n) is 4.13. The first-order valence-corrected chi connectivity index (χ1v) is 4.13. The molecule has 0 radical (unpaired) electrons. The highest BCUT2D eigenvalue weighted by Gasteiger charge is 2.12. The lowest BCUT2D eigenvalue weighted by Gasteiger charge is -2.06. The number of Topliss-reactive ketones (excluding diaryl/α,β-unsaturated/α-hetero) is 1. The normalized spacial score (nSPS) is 9.50. The average molecular weight is 189 g/mol. The SMILES string of the molecule is C=C(C(N)=O)c1ccccc1C(C)=O. The second-order valence-electron chi connectivity index (χ2n) is 2.94. The summed E-state index contributed by atoms with van der Waals surface area (Å²) in [4.78, 5) is 22.1. The highest BCUT2D eigenvalue weighted by molar-refractivity contribution is 6.20. The zero-order chi connectivity index (χ0) is 10.7. The third-order valence-corrected chi connectivity index (χ3v) is 1.93. The van der Waals surface area contributed by atoms with Crippen LogP contribution in [0.25, 0.3) is 5.57 Å². The maximum atomic E-state index is 11.2. The molecular weight excluding hydrogens is 178 g/mol. The van der Waals surface area contributed by atoms with Crippen molar-refractivity contribution in [2.45, 2.75) is 6.92 Å². The number of hydrogen-bond donors (Lipinski definition) is 1. The molecule has 3 heteroatoms. The van der Waals surface area contributed by atoms with Crippen molar-refractivity contribution >= 4 is 17.3 Å². The fourth-order valence-corrected chi connectivity index (χ4v) is 1.19. The quantitative estimate of drug-likeness (QED) is 0.577. The van der Waals surface area contributed by atoms with Crippen LogP contribution in [0.3, 0.4) is 0 Å². The molecule has 0 heterocycles. The molecule has 0 aliphatic rings. The van der Waals surface area contributed by atoms with Gasteiger partial charge in [0, 0.05) is 11.1 Å². The third kappa shape index (κ3) is 1.88. The molecule has 0 atom stereocenters. The Hall–Kier alpha value is -1.90. The largest absolute Gasteiger partial charge is 0.366 e. The topological polar surface area (TPSA) is 60.2 Å². The van der Waals surface area contributed by atoms with E-state index in [-0.39, 0.29) is 11.4 Å². The summed E-state index contributed by atoms with van der Waals surface area (Å²) >= 11 is 0. The fraction of sp³-hybridized carbons (Fsp3) is 0.0909. The molecule has 0 fully saturated rings. The van der Waals surface area contributed by atoms with Crippen LogP contribution in [0.1, 0.15) is 22.8 Å². The Labute approximate surface area is 82.2 Å². The molecule has 0 spiro atoms. The number of hydrogen-bond acceptors (Lipinski definition) is 2. The maximum Gasteiger partial charge on any atom is 0.248 e. The van der Waals surface area contributed by atoms with Gasteiger partial charge in [0.2, 0.25) is 5.91 Å². The van der Waals surface area contributed by atoms with E-state index in [0.29, 0.717) is 11.1 Å². The second kappa shape index (κ2) is 3.87. The van der Waals surface area contributed by atoms with Crippen molar-refractivity contribution in [1.29, 1.82) is 0 Å². The standard InChI is InChI=1S/C11H11NO2/c1-7(11(12)14)9-5-3-4-6-10(9)8(2)13/h3-6H,1H2,2H3,(H2,12,14). The van der Waals surface area contributed by atoms with Crippen molar-refractivity contribution in [3.05, 3.63) is 42.0 Å². The van der Waals surface area contributed by atoms with Gasteiger partial charge in [0.15, 0.2) is 5.78 Å². The van der Waals surface area contributed by atoms with E-state index in [9.17, 15) is 9.59 Å². The summed E-state index contributed by atoms with van der Waals surface area (Å²) in [6.45, 7) is 4.98. The minimum atomic E-state index is -0.612. The molecule has 0 bridgehead atoms. The number of carbonyl (C=O) groups is 2. The molecule has 0 unspecified atom stereocenters. The Morgan fingerprint density at radius 1 is 1.21 bits per heavy atom. The summed E-state index contributed by atoms with van der Waals surface area (Å²) in [5.74, 6) is -0.721. The molecule has 2 N–H and O–H groups in total. The van der Waals surface area contributed by atoms with Gasteiger partial charge in [-0.1, -0.05) is 30.8 Å². The number of rotatable bonds is 3. The van der Waals surface area contributed by atoms with E-state index in [1.807, 2.05) is 0 Å². The van der Waals surface area contributed by atoms with Gasteiger partial charge in [0.25, 0.3) is 0 Å². The lowest BCUT2D eigenvalue weighted by atomic mass is 9.98. The van der Waals surface area contributed by atoms with Gasteiger partial charge in [-0.2, -0.15) is 0 Å². The molecular formula is C11H11NO2. The van der Waals surface area contributed by atoms with E-state index in [1.54, 1.807) is 24.3 Å². The van der Waals surface area contributed by atoms with Crippen LogP contribution >= 0.6 is 0 Å². The molecule has 0 saturated heterocycles. The van der Waals surface area contributed by atoms with Crippen molar-refractivity contribution < 1.29 is 9.59 Å². The summed E-state index contributed by atoms with van der Waals surface area (Å²) in [6, 6.07) is 6.76. The van der Waals surface area contributed by atoms with Crippen LogP contribution in [0, 0.1) is 0 Å². The van der Waals surface area contributed by atoms with Gasteiger partial charge in [-0.3, -0.25) is 9.59 Å². The first-order chi connectivity index (χ1) is 6.54. The predicted molar refractivity (Wildman–Crippen MR) is 54.7 cm³/mol. The summed E-state index contributed by atoms with van der Waals surface area (Å²) in [7, 11) is 0. The maximum absolute atomic E-state index is 11.2. The van der Waals surface area contributed by atoms with Gasteiger partial charge >= 0.3 is 0 Å². The summed E-state index contributed by atoms with van der Waals surface area (Å²) < 4.78 is 0.